The number of nitrogens with zero attached hydrogens (tertiary/aromatic N) is 3. The van der Waals surface area contributed by atoms with Gasteiger partial charge in [-0.2, -0.15) is 0 Å². The van der Waals surface area contributed by atoms with Gasteiger partial charge in [0.05, 0.1) is 17.9 Å². The lowest BCUT2D eigenvalue weighted by atomic mass is 10.4. The van der Waals surface area contributed by atoms with Gasteiger partial charge < -0.3 is 5.32 Å². The van der Waals surface area contributed by atoms with Gasteiger partial charge in [0.1, 0.15) is 4.60 Å². The van der Waals surface area contributed by atoms with E-state index in [0.717, 1.165) is 16.0 Å². The third-order valence-corrected chi connectivity index (χ3v) is 2.81. The molecule has 0 aliphatic carbocycles. The normalized spacial score (nSPS) is 10.1. The molecule has 0 fully saturated rings. The van der Waals surface area contributed by atoms with Gasteiger partial charge in [0, 0.05) is 11.6 Å². The second-order valence-electron chi connectivity index (χ2n) is 2.59. The number of aromatic nitrogens is 3. The van der Waals surface area contributed by atoms with Gasteiger partial charge in [-0.05, 0) is 39.6 Å². The number of hydrogen-bond donors (Lipinski definition) is 1. The summed E-state index contributed by atoms with van der Waals surface area (Å²) >= 11 is 4.70. The van der Waals surface area contributed by atoms with Gasteiger partial charge in [-0.3, -0.25) is 0 Å². The Morgan fingerprint density at radius 3 is 3.14 bits per heavy atom. The van der Waals surface area contributed by atoms with Crippen LogP contribution in [0.2, 0.25) is 0 Å². The number of anilines is 1. The third-order valence-electron chi connectivity index (χ3n) is 1.62. The van der Waals surface area contributed by atoms with E-state index in [4.69, 9.17) is 0 Å². The van der Waals surface area contributed by atoms with E-state index < -0.39 is 0 Å². The van der Waals surface area contributed by atoms with Gasteiger partial charge >= 0.3 is 0 Å². The Labute approximate surface area is 93.7 Å². The van der Waals surface area contributed by atoms with Crippen LogP contribution in [0.15, 0.2) is 28.3 Å². The molecule has 0 amide bonds. The first-order valence-electron chi connectivity index (χ1n) is 3.96. The maximum Gasteiger partial charge on any atom is 0.129 e. The molecule has 1 N–H and O–H groups in total. The first kappa shape index (κ1) is 9.54. The lowest BCUT2D eigenvalue weighted by Crippen LogP contribution is -2.00. The second-order valence-corrected chi connectivity index (χ2v) is 3.95. The minimum atomic E-state index is 0.667. The van der Waals surface area contributed by atoms with E-state index in [1.807, 2.05) is 17.5 Å². The zero-order valence-corrected chi connectivity index (χ0v) is 9.55. The predicted molar refractivity (Wildman–Crippen MR) is 59.2 cm³/mol. The lowest BCUT2D eigenvalue weighted by Gasteiger charge is -2.04. The Morgan fingerprint density at radius 2 is 2.43 bits per heavy atom. The topological polar surface area (TPSA) is 50.7 Å². The van der Waals surface area contributed by atoms with E-state index in [1.54, 1.807) is 6.20 Å². The van der Waals surface area contributed by atoms with Gasteiger partial charge in [-0.15, -0.1) is 5.10 Å². The fourth-order valence-corrected chi connectivity index (χ4v) is 1.81. The Morgan fingerprint density at radius 1 is 1.50 bits per heavy atom. The number of hydrogen-bond acceptors (Lipinski definition) is 5. The molecule has 0 saturated heterocycles. The van der Waals surface area contributed by atoms with Crippen molar-refractivity contribution in [3.63, 3.8) is 0 Å². The van der Waals surface area contributed by atoms with E-state index in [0.29, 0.717) is 6.54 Å². The van der Waals surface area contributed by atoms with Gasteiger partial charge in [-0.1, -0.05) is 4.49 Å². The highest BCUT2D eigenvalue weighted by molar-refractivity contribution is 9.10. The van der Waals surface area contributed by atoms with Crippen molar-refractivity contribution in [3.8, 4) is 0 Å². The van der Waals surface area contributed by atoms with E-state index in [9.17, 15) is 0 Å². The van der Waals surface area contributed by atoms with Crippen molar-refractivity contribution < 1.29 is 0 Å². The van der Waals surface area contributed by atoms with Crippen molar-refractivity contribution in [3.05, 3.63) is 34.0 Å². The largest absolute Gasteiger partial charge is 0.377 e. The first-order valence-corrected chi connectivity index (χ1v) is 5.59. The fourth-order valence-electron chi connectivity index (χ4n) is 0.965. The third kappa shape index (κ3) is 2.27. The molecule has 0 radical (unpaired) electrons. The summed E-state index contributed by atoms with van der Waals surface area (Å²) in [5.41, 5.74) is 1.89. The van der Waals surface area contributed by atoms with Crippen molar-refractivity contribution in [2.24, 2.45) is 0 Å². The molecule has 2 aromatic heterocycles. The fraction of sp³-hybridized carbons (Fsp3) is 0.125. The predicted octanol–water partition coefficient (Wildman–Crippen LogP) is 2.31. The summed E-state index contributed by atoms with van der Waals surface area (Å²) in [6, 6.07) is 3.84. The van der Waals surface area contributed by atoms with Crippen LogP contribution in [0.3, 0.4) is 0 Å². The number of rotatable bonds is 3. The Balaban J connectivity index is 2.02. The summed E-state index contributed by atoms with van der Waals surface area (Å²) in [7, 11) is 0. The van der Waals surface area contributed by atoms with E-state index in [2.05, 4.69) is 35.8 Å². The first-order chi connectivity index (χ1) is 6.86. The zero-order chi connectivity index (χ0) is 9.80. The van der Waals surface area contributed by atoms with Crippen LogP contribution < -0.4 is 5.32 Å². The standard InChI is InChI=1S/C8H7BrN4S/c9-8-7(2-1-3-10-8)11-4-6-5-14-13-12-6/h1-3,5,11H,4H2. The van der Waals surface area contributed by atoms with Crippen LogP contribution in [0.4, 0.5) is 5.69 Å². The van der Waals surface area contributed by atoms with Crippen molar-refractivity contribution >= 4 is 33.1 Å². The highest BCUT2D eigenvalue weighted by atomic mass is 79.9. The molecule has 0 saturated carbocycles. The molecule has 72 valence electrons. The second kappa shape index (κ2) is 4.47. The van der Waals surface area contributed by atoms with E-state index >= 15 is 0 Å². The molecule has 4 nitrogen and oxygen atoms in total. The van der Waals surface area contributed by atoms with Crippen LogP contribution in [0.1, 0.15) is 5.69 Å². The summed E-state index contributed by atoms with van der Waals surface area (Å²) in [5, 5.41) is 9.06. The maximum absolute atomic E-state index is 4.10. The van der Waals surface area contributed by atoms with Crippen LogP contribution >= 0.6 is 27.5 Å². The smallest absolute Gasteiger partial charge is 0.129 e. The van der Waals surface area contributed by atoms with Crippen LogP contribution in [-0.4, -0.2) is 14.6 Å². The zero-order valence-electron chi connectivity index (χ0n) is 7.14. The molecule has 14 heavy (non-hydrogen) atoms. The molecule has 0 spiro atoms. The van der Waals surface area contributed by atoms with Crippen molar-refractivity contribution in [1.29, 1.82) is 0 Å². The van der Waals surface area contributed by atoms with Crippen LogP contribution in [0.5, 0.6) is 0 Å². The quantitative estimate of drug-likeness (QED) is 0.870. The molecular weight excluding hydrogens is 264 g/mol. The van der Waals surface area contributed by atoms with Crippen LogP contribution in [0, 0.1) is 0 Å². The Hall–Kier alpha value is -1.01. The van der Waals surface area contributed by atoms with E-state index in [1.165, 1.54) is 11.5 Å². The molecule has 6 heteroatoms. The summed E-state index contributed by atoms with van der Waals surface area (Å²) in [4.78, 5) is 4.10. The molecule has 2 rings (SSSR count). The lowest BCUT2D eigenvalue weighted by molar-refractivity contribution is 0.995. The Bertz CT molecular complexity index is 403. The molecule has 0 unspecified atom stereocenters. The molecule has 0 atom stereocenters. The molecule has 2 aromatic rings. The molecule has 0 aliphatic heterocycles. The van der Waals surface area contributed by atoms with Gasteiger partial charge in [0.2, 0.25) is 0 Å². The summed E-state index contributed by atoms with van der Waals surface area (Å²) in [6.45, 7) is 0.667. The monoisotopic (exact) mass is 270 g/mol. The van der Waals surface area contributed by atoms with Crippen molar-refractivity contribution in [2.45, 2.75) is 6.54 Å². The summed E-state index contributed by atoms with van der Waals surface area (Å²) in [5.74, 6) is 0. The average Bonchev–Trinajstić information content (AvgIpc) is 2.69. The molecule has 0 aromatic carbocycles. The molecule has 0 aliphatic rings. The van der Waals surface area contributed by atoms with Gasteiger partial charge in [0.15, 0.2) is 0 Å². The highest BCUT2D eigenvalue weighted by Gasteiger charge is 2.00. The number of nitrogens with one attached hydrogen (secondary N) is 1. The van der Waals surface area contributed by atoms with E-state index in [-0.39, 0.29) is 0 Å². The van der Waals surface area contributed by atoms with Crippen LogP contribution in [-0.2, 0) is 6.54 Å². The minimum absolute atomic E-state index is 0.667. The summed E-state index contributed by atoms with van der Waals surface area (Å²) in [6.07, 6.45) is 1.74. The number of pyridine rings is 1. The van der Waals surface area contributed by atoms with Gasteiger partial charge in [-0.25, -0.2) is 4.98 Å². The van der Waals surface area contributed by atoms with Crippen molar-refractivity contribution in [2.75, 3.05) is 5.32 Å². The summed E-state index contributed by atoms with van der Waals surface area (Å²) < 4.78 is 4.59. The molecule has 2 heterocycles. The number of halogens is 1. The SMILES string of the molecule is Brc1ncccc1NCc1csnn1. The van der Waals surface area contributed by atoms with Crippen molar-refractivity contribution in [1.82, 2.24) is 14.6 Å². The van der Waals surface area contributed by atoms with Gasteiger partial charge in [0.25, 0.3) is 0 Å². The maximum atomic E-state index is 4.10. The highest BCUT2D eigenvalue weighted by Crippen LogP contribution is 2.18. The average molecular weight is 271 g/mol. The molecule has 0 bridgehead atoms. The minimum Gasteiger partial charge on any atom is -0.377 e. The van der Waals surface area contributed by atoms with Crippen LogP contribution in [0.25, 0.3) is 0 Å². The molecular formula is C8H7BrN4S. The Kier molecular flexibility index (Phi) is 3.05.